The summed E-state index contributed by atoms with van der Waals surface area (Å²) in [6.07, 6.45) is 1.53. The molecule has 2 heterocycles. The molecule has 100 valence electrons. The molecule has 5 heteroatoms. The number of carbonyl (C=O) groups is 1. The van der Waals surface area contributed by atoms with E-state index in [1.807, 2.05) is 14.0 Å². The SMILES string of the molecule is Cc1cc(C(=O)N(C)CCN2CCNCC2)co1. The van der Waals surface area contributed by atoms with Crippen molar-refractivity contribution < 1.29 is 9.21 Å². The van der Waals surface area contributed by atoms with Gasteiger partial charge in [-0.2, -0.15) is 0 Å². The third kappa shape index (κ3) is 3.34. The zero-order chi connectivity index (χ0) is 13.0. The van der Waals surface area contributed by atoms with Crippen LogP contribution in [0, 0.1) is 6.92 Å². The molecule has 0 aliphatic carbocycles. The molecule has 5 nitrogen and oxygen atoms in total. The highest BCUT2D eigenvalue weighted by Crippen LogP contribution is 2.08. The van der Waals surface area contributed by atoms with Gasteiger partial charge >= 0.3 is 0 Å². The molecular weight excluding hydrogens is 230 g/mol. The fraction of sp³-hybridized carbons (Fsp3) is 0.615. The lowest BCUT2D eigenvalue weighted by molar-refractivity contribution is 0.0774. The van der Waals surface area contributed by atoms with Crippen molar-refractivity contribution in [3.05, 3.63) is 23.7 Å². The van der Waals surface area contributed by atoms with E-state index in [1.165, 1.54) is 6.26 Å². The van der Waals surface area contributed by atoms with E-state index in [-0.39, 0.29) is 5.91 Å². The molecule has 0 spiro atoms. The molecule has 0 saturated carbocycles. The molecule has 1 aliphatic heterocycles. The molecule has 0 aromatic carbocycles. The van der Waals surface area contributed by atoms with Crippen molar-refractivity contribution in [2.75, 3.05) is 46.3 Å². The van der Waals surface area contributed by atoms with Crippen LogP contribution in [0.4, 0.5) is 0 Å². The second-order valence-electron chi connectivity index (χ2n) is 4.76. The third-order valence-electron chi connectivity index (χ3n) is 3.29. The van der Waals surface area contributed by atoms with Gasteiger partial charge in [-0.05, 0) is 13.0 Å². The van der Waals surface area contributed by atoms with E-state index in [9.17, 15) is 4.79 Å². The number of piperazine rings is 1. The first kappa shape index (κ1) is 13.1. The van der Waals surface area contributed by atoms with Gasteiger partial charge in [0.1, 0.15) is 12.0 Å². The van der Waals surface area contributed by atoms with Crippen LogP contribution in [0.2, 0.25) is 0 Å². The molecule has 0 atom stereocenters. The van der Waals surface area contributed by atoms with Gasteiger partial charge in [0.25, 0.3) is 5.91 Å². The first-order valence-corrected chi connectivity index (χ1v) is 6.40. The van der Waals surface area contributed by atoms with Crippen LogP contribution in [-0.2, 0) is 0 Å². The lowest BCUT2D eigenvalue weighted by atomic mass is 10.2. The normalized spacial score (nSPS) is 16.8. The van der Waals surface area contributed by atoms with Crippen molar-refractivity contribution in [3.63, 3.8) is 0 Å². The van der Waals surface area contributed by atoms with Crippen molar-refractivity contribution in [2.24, 2.45) is 0 Å². The van der Waals surface area contributed by atoms with Crippen LogP contribution in [0.25, 0.3) is 0 Å². The van der Waals surface area contributed by atoms with Crippen LogP contribution in [0.15, 0.2) is 16.7 Å². The van der Waals surface area contributed by atoms with Crippen LogP contribution in [0.1, 0.15) is 16.1 Å². The molecule has 1 amide bonds. The van der Waals surface area contributed by atoms with E-state index >= 15 is 0 Å². The number of amides is 1. The summed E-state index contributed by atoms with van der Waals surface area (Å²) < 4.78 is 5.16. The third-order valence-corrected chi connectivity index (χ3v) is 3.29. The zero-order valence-electron chi connectivity index (χ0n) is 11.1. The predicted octanol–water partition coefficient (Wildman–Crippen LogP) is 0.565. The predicted molar refractivity (Wildman–Crippen MR) is 69.7 cm³/mol. The maximum Gasteiger partial charge on any atom is 0.256 e. The Kier molecular flexibility index (Phi) is 4.38. The summed E-state index contributed by atoms with van der Waals surface area (Å²) in [6.45, 7) is 7.73. The highest BCUT2D eigenvalue weighted by atomic mass is 16.3. The lowest BCUT2D eigenvalue weighted by Crippen LogP contribution is -2.46. The Labute approximate surface area is 108 Å². The molecule has 1 aromatic rings. The number of likely N-dealkylation sites (N-methyl/N-ethyl adjacent to an activating group) is 1. The molecule has 0 unspecified atom stereocenters. The number of nitrogens with zero attached hydrogens (tertiary/aromatic N) is 2. The molecule has 1 fully saturated rings. The standard InChI is InChI=1S/C13H21N3O2/c1-11-9-12(10-18-11)13(17)15(2)7-8-16-5-3-14-4-6-16/h9-10,14H,3-8H2,1-2H3. The van der Waals surface area contributed by atoms with Gasteiger partial charge in [-0.1, -0.05) is 0 Å². The summed E-state index contributed by atoms with van der Waals surface area (Å²) in [6, 6.07) is 1.78. The van der Waals surface area contributed by atoms with Crippen molar-refractivity contribution >= 4 is 5.91 Å². The van der Waals surface area contributed by atoms with Gasteiger partial charge in [0, 0.05) is 46.3 Å². The van der Waals surface area contributed by atoms with Crippen LogP contribution in [0.5, 0.6) is 0 Å². The Bertz CT molecular complexity index is 397. The average Bonchev–Trinajstić information content (AvgIpc) is 2.83. The molecule has 1 aromatic heterocycles. The van der Waals surface area contributed by atoms with E-state index in [0.717, 1.165) is 45.0 Å². The number of hydrogen-bond donors (Lipinski definition) is 1. The fourth-order valence-electron chi connectivity index (χ4n) is 2.10. The van der Waals surface area contributed by atoms with E-state index in [2.05, 4.69) is 10.2 Å². The first-order valence-electron chi connectivity index (χ1n) is 6.40. The average molecular weight is 251 g/mol. The molecule has 2 rings (SSSR count). The topological polar surface area (TPSA) is 48.7 Å². The largest absolute Gasteiger partial charge is 0.469 e. The number of rotatable bonds is 4. The molecule has 0 radical (unpaired) electrons. The number of nitrogens with one attached hydrogen (secondary N) is 1. The van der Waals surface area contributed by atoms with Gasteiger partial charge < -0.3 is 14.6 Å². The quantitative estimate of drug-likeness (QED) is 0.850. The maximum absolute atomic E-state index is 12.1. The first-order chi connectivity index (χ1) is 8.66. The lowest BCUT2D eigenvalue weighted by Gasteiger charge is -2.29. The van der Waals surface area contributed by atoms with E-state index in [4.69, 9.17) is 4.42 Å². The van der Waals surface area contributed by atoms with E-state index < -0.39 is 0 Å². The number of furan rings is 1. The maximum atomic E-state index is 12.1. The Morgan fingerprint density at radius 3 is 2.83 bits per heavy atom. The minimum absolute atomic E-state index is 0.0296. The van der Waals surface area contributed by atoms with E-state index in [0.29, 0.717) is 5.56 Å². The Hall–Kier alpha value is -1.33. The van der Waals surface area contributed by atoms with Gasteiger partial charge in [-0.25, -0.2) is 0 Å². The minimum Gasteiger partial charge on any atom is -0.469 e. The summed E-state index contributed by atoms with van der Waals surface area (Å²) in [7, 11) is 1.84. The summed E-state index contributed by atoms with van der Waals surface area (Å²) in [5.74, 6) is 0.802. The van der Waals surface area contributed by atoms with Gasteiger partial charge in [-0.15, -0.1) is 0 Å². The second-order valence-corrected chi connectivity index (χ2v) is 4.76. The Balaban J connectivity index is 1.80. The van der Waals surface area contributed by atoms with Crippen molar-refractivity contribution in [2.45, 2.75) is 6.92 Å². The molecule has 18 heavy (non-hydrogen) atoms. The summed E-state index contributed by atoms with van der Waals surface area (Å²) in [5, 5.41) is 3.32. The van der Waals surface area contributed by atoms with Gasteiger partial charge in [0.15, 0.2) is 0 Å². The van der Waals surface area contributed by atoms with Crippen molar-refractivity contribution in [1.82, 2.24) is 15.1 Å². The summed E-state index contributed by atoms with van der Waals surface area (Å²) >= 11 is 0. The van der Waals surface area contributed by atoms with Gasteiger partial charge in [0.2, 0.25) is 0 Å². The monoisotopic (exact) mass is 251 g/mol. The van der Waals surface area contributed by atoms with Crippen LogP contribution in [-0.4, -0.2) is 62.0 Å². The Morgan fingerprint density at radius 1 is 1.50 bits per heavy atom. The molecule has 0 bridgehead atoms. The molecule has 1 saturated heterocycles. The van der Waals surface area contributed by atoms with Gasteiger partial charge in [0.05, 0.1) is 5.56 Å². The highest BCUT2D eigenvalue weighted by molar-refractivity contribution is 5.93. The van der Waals surface area contributed by atoms with Crippen LogP contribution in [0.3, 0.4) is 0 Å². The van der Waals surface area contributed by atoms with Crippen molar-refractivity contribution in [1.29, 1.82) is 0 Å². The van der Waals surface area contributed by atoms with Crippen LogP contribution >= 0.6 is 0 Å². The highest BCUT2D eigenvalue weighted by Gasteiger charge is 2.15. The van der Waals surface area contributed by atoms with Crippen molar-refractivity contribution in [3.8, 4) is 0 Å². The smallest absolute Gasteiger partial charge is 0.256 e. The summed E-state index contributed by atoms with van der Waals surface area (Å²) in [4.78, 5) is 16.2. The van der Waals surface area contributed by atoms with Gasteiger partial charge in [-0.3, -0.25) is 9.69 Å². The molecule has 1 aliphatic rings. The fourth-order valence-corrected chi connectivity index (χ4v) is 2.10. The minimum atomic E-state index is 0.0296. The van der Waals surface area contributed by atoms with Crippen LogP contribution < -0.4 is 5.32 Å². The molecular formula is C13H21N3O2. The number of aryl methyl sites for hydroxylation is 1. The zero-order valence-corrected chi connectivity index (χ0v) is 11.1. The number of carbonyl (C=O) groups excluding carboxylic acids is 1. The second kappa shape index (κ2) is 6.02. The molecule has 1 N–H and O–H groups in total. The Morgan fingerprint density at radius 2 is 2.22 bits per heavy atom. The summed E-state index contributed by atoms with van der Waals surface area (Å²) in [5.41, 5.74) is 0.635. The number of hydrogen-bond acceptors (Lipinski definition) is 4. The van der Waals surface area contributed by atoms with E-state index in [1.54, 1.807) is 11.0 Å².